The fourth-order valence-electron chi connectivity index (χ4n) is 1.15. The molecule has 6 heteroatoms. The van der Waals surface area contributed by atoms with Gasteiger partial charge in [-0.2, -0.15) is 0 Å². The van der Waals surface area contributed by atoms with Gasteiger partial charge in [0.15, 0.2) is 11.5 Å². The van der Waals surface area contributed by atoms with Crippen molar-refractivity contribution in [3.05, 3.63) is 17.9 Å². The third-order valence-electron chi connectivity index (χ3n) is 1.75. The van der Waals surface area contributed by atoms with Crippen molar-refractivity contribution in [1.29, 1.82) is 0 Å². The lowest BCUT2D eigenvalue weighted by Gasteiger charge is -2.12. The Labute approximate surface area is 81.0 Å². The maximum absolute atomic E-state index is 12.9. The molecule has 0 aliphatic heterocycles. The van der Waals surface area contributed by atoms with E-state index >= 15 is 0 Å². The van der Waals surface area contributed by atoms with E-state index in [1.807, 2.05) is 0 Å². The number of rotatable bonds is 3. The monoisotopic (exact) mass is 200 g/mol. The van der Waals surface area contributed by atoms with Gasteiger partial charge in [-0.25, -0.2) is 4.39 Å². The van der Waals surface area contributed by atoms with Gasteiger partial charge in [0, 0.05) is 11.5 Å². The summed E-state index contributed by atoms with van der Waals surface area (Å²) in [6.07, 6.45) is 0. The molecule has 1 aromatic rings. The van der Waals surface area contributed by atoms with Crippen LogP contribution in [0.5, 0.6) is 11.5 Å². The summed E-state index contributed by atoms with van der Waals surface area (Å²) in [6.45, 7) is 0. The molecule has 0 unspecified atom stereocenters. The van der Waals surface area contributed by atoms with Crippen molar-refractivity contribution >= 4 is 12.6 Å². The van der Waals surface area contributed by atoms with Crippen molar-refractivity contribution in [2.24, 2.45) is 0 Å². The summed E-state index contributed by atoms with van der Waals surface area (Å²) in [5.74, 6) is -0.384. The molecule has 2 N–H and O–H groups in total. The molecule has 0 spiro atoms. The summed E-state index contributed by atoms with van der Waals surface area (Å²) in [5, 5.41) is 17.9. The van der Waals surface area contributed by atoms with Gasteiger partial charge < -0.3 is 19.5 Å². The lowest BCUT2D eigenvalue weighted by molar-refractivity contribution is 0.351. The van der Waals surface area contributed by atoms with E-state index in [4.69, 9.17) is 19.5 Å². The molecule has 0 fully saturated rings. The smallest absolute Gasteiger partial charge is 0.492 e. The van der Waals surface area contributed by atoms with Crippen molar-refractivity contribution in [2.45, 2.75) is 0 Å². The molecule has 0 aromatic heterocycles. The van der Waals surface area contributed by atoms with Crippen LogP contribution in [-0.4, -0.2) is 31.4 Å². The van der Waals surface area contributed by atoms with Gasteiger partial charge in [-0.05, 0) is 6.07 Å². The summed E-state index contributed by atoms with van der Waals surface area (Å²) < 4.78 is 22.6. The van der Waals surface area contributed by atoms with E-state index in [1.54, 1.807) is 0 Å². The van der Waals surface area contributed by atoms with Gasteiger partial charge in [-0.3, -0.25) is 0 Å². The second-order valence-corrected chi connectivity index (χ2v) is 2.60. The number of hydrogen-bond donors (Lipinski definition) is 2. The summed E-state index contributed by atoms with van der Waals surface area (Å²) in [7, 11) is 0.876. The Morgan fingerprint density at radius 2 is 1.86 bits per heavy atom. The molecule has 0 saturated carbocycles. The molecule has 0 amide bonds. The molecule has 14 heavy (non-hydrogen) atoms. The highest BCUT2D eigenvalue weighted by molar-refractivity contribution is 6.59. The van der Waals surface area contributed by atoms with Gasteiger partial charge in [0.25, 0.3) is 0 Å². The molecule has 0 atom stereocenters. The average molecular weight is 200 g/mol. The molecular formula is C8H10BFO4. The molecule has 1 rings (SSSR count). The van der Waals surface area contributed by atoms with E-state index in [0.29, 0.717) is 0 Å². The summed E-state index contributed by atoms with van der Waals surface area (Å²) in [5.41, 5.74) is -0.0654. The van der Waals surface area contributed by atoms with Gasteiger partial charge in [-0.15, -0.1) is 0 Å². The second-order valence-electron chi connectivity index (χ2n) is 2.60. The number of hydrogen-bond acceptors (Lipinski definition) is 4. The Balaban J connectivity index is 3.31. The normalized spacial score (nSPS) is 9.79. The first-order chi connectivity index (χ1) is 6.60. The summed E-state index contributed by atoms with van der Waals surface area (Å²) in [4.78, 5) is 0. The Hall–Kier alpha value is -1.27. The zero-order valence-electron chi connectivity index (χ0n) is 7.82. The molecule has 0 aliphatic carbocycles. The number of benzene rings is 1. The van der Waals surface area contributed by atoms with Gasteiger partial charge in [-0.1, -0.05) is 0 Å². The predicted octanol–water partition coefficient (Wildman–Crippen LogP) is -0.477. The van der Waals surface area contributed by atoms with Gasteiger partial charge >= 0.3 is 7.12 Å². The highest BCUT2D eigenvalue weighted by Crippen LogP contribution is 2.25. The zero-order chi connectivity index (χ0) is 10.7. The molecule has 0 radical (unpaired) electrons. The molecule has 0 heterocycles. The Bertz CT molecular complexity index is 329. The first-order valence-electron chi connectivity index (χ1n) is 3.87. The van der Waals surface area contributed by atoms with Crippen LogP contribution in [0.2, 0.25) is 0 Å². The van der Waals surface area contributed by atoms with Crippen LogP contribution in [0.3, 0.4) is 0 Å². The van der Waals surface area contributed by atoms with Crippen LogP contribution >= 0.6 is 0 Å². The van der Waals surface area contributed by atoms with Crippen LogP contribution in [0, 0.1) is 5.82 Å². The second kappa shape index (κ2) is 4.30. The van der Waals surface area contributed by atoms with E-state index in [2.05, 4.69) is 0 Å². The van der Waals surface area contributed by atoms with Gasteiger partial charge in [0.1, 0.15) is 5.82 Å². The fourth-order valence-corrected chi connectivity index (χ4v) is 1.15. The zero-order valence-corrected chi connectivity index (χ0v) is 7.82. The van der Waals surface area contributed by atoms with Crippen LogP contribution in [0.1, 0.15) is 0 Å². The molecule has 76 valence electrons. The van der Waals surface area contributed by atoms with Crippen molar-refractivity contribution in [3.63, 3.8) is 0 Å². The van der Waals surface area contributed by atoms with Crippen molar-refractivity contribution in [3.8, 4) is 11.5 Å². The van der Waals surface area contributed by atoms with Crippen LogP contribution < -0.4 is 14.9 Å². The Morgan fingerprint density at radius 3 is 2.29 bits per heavy atom. The Kier molecular flexibility index (Phi) is 3.32. The van der Waals surface area contributed by atoms with Gasteiger partial charge in [0.05, 0.1) is 14.2 Å². The van der Waals surface area contributed by atoms with E-state index in [-0.39, 0.29) is 17.0 Å². The number of ether oxygens (including phenoxy) is 2. The van der Waals surface area contributed by atoms with Gasteiger partial charge in [0.2, 0.25) is 0 Å². The van der Waals surface area contributed by atoms with Crippen LogP contribution in [0.25, 0.3) is 0 Å². The predicted molar refractivity (Wildman–Crippen MR) is 49.3 cm³/mol. The molecule has 1 aromatic carbocycles. The first-order valence-corrected chi connectivity index (χ1v) is 3.87. The lowest BCUT2D eigenvalue weighted by Crippen LogP contribution is -2.31. The van der Waals surface area contributed by atoms with E-state index < -0.39 is 12.9 Å². The quantitative estimate of drug-likeness (QED) is 0.647. The van der Waals surface area contributed by atoms with Crippen LogP contribution in [0.15, 0.2) is 12.1 Å². The van der Waals surface area contributed by atoms with E-state index in [1.165, 1.54) is 14.2 Å². The highest BCUT2D eigenvalue weighted by atomic mass is 19.1. The highest BCUT2D eigenvalue weighted by Gasteiger charge is 2.21. The van der Waals surface area contributed by atoms with Crippen LogP contribution in [0.4, 0.5) is 4.39 Å². The minimum atomic E-state index is -1.80. The van der Waals surface area contributed by atoms with Crippen molar-refractivity contribution in [2.75, 3.05) is 14.2 Å². The molecule has 0 bridgehead atoms. The molecule has 4 nitrogen and oxygen atoms in total. The third-order valence-corrected chi connectivity index (χ3v) is 1.75. The number of halogens is 1. The topological polar surface area (TPSA) is 58.9 Å². The third kappa shape index (κ3) is 1.97. The van der Waals surface area contributed by atoms with Crippen molar-refractivity contribution < 1.29 is 23.9 Å². The average Bonchev–Trinajstić information content (AvgIpc) is 2.16. The molecule has 0 saturated heterocycles. The fraction of sp³-hybridized carbons (Fsp3) is 0.250. The maximum Gasteiger partial charge on any atom is 0.492 e. The first kappa shape index (κ1) is 10.8. The standard InChI is InChI=1S/C8H10BFO4/c1-13-7-4-5(10)3-6(9(11)12)8(7)14-2/h3-4,11-12H,1-2H3. The molecule has 0 aliphatic rings. The van der Waals surface area contributed by atoms with Crippen molar-refractivity contribution in [1.82, 2.24) is 0 Å². The summed E-state index contributed by atoms with van der Waals surface area (Å²) >= 11 is 0. The van der Waals surface area contributed by atoms with E-state index in [0.717, 1.165) is 12.1 Å². The van der Waals surface area contributed by atoms with E-state index in [9.17, 15) is 4.39 Å². The minimum Gasteiger partial charge on any atom is -0.493 e. The number of methoxy groups -OCH3 is 2. The molecular weight excluding hydrogens is 190 g/mol. The summed E-state index contributed by atoms with van der Waals surface area (Å²) in [6, 6.07) is 2.08. The maximum atomic E-state index is 12.9. The Morgan fingerprint density at radius 1 is 1.21 bits per heavy atom. The SMILES string of the molecule is COc1cc(F)cc(B(O)O)c1OC. The van der Waals surface area contributed by atoms with Crippen LogP contribution in [-0.2, 0) is 0 Å². The minimum absolute atomic E-state index is 0.0654. The lowest BCUT2D eigenvalue weighted by atomic mass is 9.79. The largest absolute Gasteiger partial charge is 0.493 e.